The standard InChI is InChI=1S/C20H13NO5/c1-11-9-17(22)26-18-13(11)7-8-16-14(18)10-15(20(24)25-16)21-19(23)12-5-3-2-4-6-12/h2-10H,1H3,(H,21,23). The van der Waals surface area contributed by atoms with E-state index in [0.717, 1.165) is 10.9 Å². The SMILES string of the molecule is Cc1cc(=O)oc2c1ccc1oc(=O)c(NC(=O)c3ccccc3)cc12. The van der Waals surface area contributed by atoms with E-state index in [9.17, 15) is 14.4 Å². The molecule has 0 saturated heterocycles. The highest BCUT2D eigenvalue weighted by Crippen LogP contribution is 2.27. The molecule has 0 spiro atoms. The second-order valence-electron chi connectivity index (χ2n) is 5.87. The minimum atomic E-state index is -0.684. The van der Waals surface area contributed by atoms with Crippen molar-refractivity contribution in [2.24, 2.45) is 0 Å². The Bertz CT molecular complexity index is 1270. The van der Waals surface area contributed by atoms with E-state index in [4.69, 9.17) is 8.83 Å². The first-order chi connectivity index (χ1) is 12.5. The number of benzene rings is 2. The molecule has 6 nitrogen and oxygen atoms in total. The summed E-state index contributed by atoms with van der Waals surface area (Å²) in [6, 6.07) is 14.7. The molecule has 0 aliphatic heterocycles. The molecule has 2 aromatic heterocycles. The van der Waals surface area contributed by atoms with Crippen molar-refractivity contribution in [3.05, 3.63) is 86.6 Å². The summed E-state index contributed by atoms with van der Waals surface area (Å²) in [6.45, 7) is 1.79. The van der Waals surface area contributed by atoms with E-state index in [1.807, 2.05) is 0 Å². The number of nitrogens with one attached hydrogen (secondary N) is 1. The van der Waals surface area contributed by atoms with Crippen LogP contribution in [0, 0.1) is 6.92 Å². The van der Waals surface area contributed by atoms with Crippen molar-refractivity contribution >= 4 is 33.5 Å². The van der Waals surface area contributed by atoms with Gasteiger partial charge in [-0.3, -0.25) is 4.79 Å². The summed E-state index contributed by atoms with van der Waals surface area (Å²) in [4.78, 5) is 36.2. The molecule has 4 aromatic rings. The molecular weight excluding hydrogens is 334 g/mol. The van der Waals surface area contributed by atoms with Gasteiger partial charge < -0.3 is 14.2 Å². The van der Waals surface area contributed by atoms with Crippen LogP contribution in [0.4, 0.5) is 5.69 Å². The van der Waals surface area contributed by atoms with Gasteiger partial charge in [0, 0.05) is 17.0 Å². The third-order valence-electron chi connectivity index (χ3n) is 4.11. The summed E-state index contributed by atoms with van der Waals surface area (Å²) in [5, 5.41) is 3.71. The smallest absolute Gasteiger partial charge is 0.360 e. The molecule has 0 radical (unpaired) electrons. The molecular formula is C20H13NO5. The van der Waals surface area contributed by atoms with Gasteiger partial charge in [-0.05, 0) is 42.8 Å². The second kappa shape index (κ2) is 6.00. The fourth-order valence-electron chi connectivity index (χ4n) is 2.84. The Hall–Kier alpha value is -3.67. The van der Waals surface area contributed by atoms with Crippen LogP contribution >= 0.6 is 0 Å². The van der Waals surface area contributed by atoms with Crippen LogP contribution in [0.15, 0.2) is 73.0 Å². The van der Waals surface area contributed by atoms with Gasteiger partial charge in [-0.15, -0.1) is 0 Å². The van der Waals surface area contributed by atoms with Gasteiger partial charge in [0.2, 0.25) is 0 Å². The average molecular weight is 347 g/mol. The van der Waals surface area contributed by atoms with Gasteiger partial charge in [0.05, 0.1) is 5.39 Å². The lowest BCUT2D eigenvalue weighted by Crippen LogP contribution is -2.17. The zero-order valence-corrected chi connectivity index (χ0v) is 13.7. The normalized spacial score (nSPS) is 11.0. The summed E-state index contributed by atoms with van der Waals surface area (Å²) in [7, 11) is 0. The number of fused-ring (bicyclic) bond motifs is 3. The Morgan fingerprint density at radius 2 is 1.69 bits per heavy atom. The number of hydrogen-bond donors (Lipinski definition) is 1. The van der Waals surface area contributed by atoms with E-state index in [-0.39, 0.29) is 11.3 Å². The molecule has 0 saturated carbocycles. The number of hydrogen-bond acceptors (Lipinski definition) is 5. The molecule has 0 aliphatic carbocycles. The largest absolute Gasteiger partial charge is 0.422 e. The maximum atomic E-state index is 12.3. The maximum Gasteiger partial charge on any atom is 0.360 e. The summed E-state index contributed by atoms with van der Waals surface area (Å²) in [5.74, 6) is -0.435. The van der Waals surface area contributed by atoms with Crippen LogP contribution < -0.4 is 16.6 Å². The van der Waals surface area contributed by atoms with Crippen LogP contribution in [0.3, 0.4) is 0 Å². The number of amides is 1. The average Bonchev–Trinajstić information content (AvgIpc) is 2.63. The van der Waals surface area contributed by atoms with Gasteiger partial charge in [-0.25, -0.2) is 9.59 Å². The molecule has 0 fully saturated rings. The summed E-state index contributed by atoms with van der Waals surface area (Å²) in [5.41, 5.74) is 0.537. The van der Waals surface area contributed by atoms with Crippen LogP contribution in [0.5, 0.6) is 0 Å². The first-order valence-corrected chi connectivity index (χ1v) is 7.90. The van der Waals surface area contributed by atoms with Gasteiger partial charge in [0.15, 0.2) is 0 Å². The Kier molecular flexibility index (Phi) is 3.65. The number of carbonyl (C=O) groups excluding carboxylic acids is 1. The molecule has 0 bridgehead atoms. The molecule has 6 heteroatoms. The monoisotopic (exact) mass is 347 g/mol. The lowest BCUT2D eigenvalue weighted by molar-refractivity contribution is 0.102. The summed E-state index contributed by atoms with van der Waals surface area (Å²) in [6.07, 6.45) is 0. The maximum absolute atomic E-state index is 12.3. The van der Waals surface area contributed by atoms with Crippen LogP contribution in [0.1, 0.15) is 15.9 Å². The van der Waals surface area contributed by atoms with Crippen LogP contribution in [-0.4, -0.2) is 5.91 Å². The lowest BCUT2D eigenvalue weighted by atomic mass is 10.1. The fourth-order valence-corrected chi connectivity index (χ4v) is 2.84. The first-order valence-electron chi connectivity index (χ1n) is 7.90. The van der Waals surface area contributed by atoms with Gasteiger partial charge >= 0.3 is 11.3 Å². The quantitative estimate of drug-likeness (QED) is 0.443. The van der Waals surface area contributed by atoms with Crippen molar-refractivity contribution in [1.82, 2.24) is 0 Å². The lowest BCUT2D eigenvalue weighted by Gasteiger charge is -2.07. The van der Waals surface area contributed by atoms with Crippen molar-refractivity contribution < 1.29 is 13.6 Å². The molecule has 128 valence electrons. The Labute approximate surface area is 146 Å². The van der Waals surface area contributed by atoms with Crippen LogP contribution in [-0.2, 0) is 0 Å². The van der Waals surface area contributed by atoms with Gasteiger partial charge in [0.25, 0.3) is 5.91 Å². The Balaban J connectivity index is 1.89. The van der Waals surface area contributed by atoms with Crippen molar-refractivity contribution in [3.63, 3.8) is 0 Å². The first kappa shape index (κ1) is 15.8. The Morgan fingerprint density at radius 1 is 0.923 bits per heavy atom. The Morgan fingerprint density at radius 3 is 2.46 bits per heavy atom. The zero-order chi connectivity index (χ0) is 18.3. The van der Waals surface area contributed by atoms with E-state index in [1.165, 1.54) is 12.1 Å². The molecule has 0 aliphatic rings. The number of rotatable bonds is 2. The third kappa shape index (κ3) is 2.67. The molecule has 26 heavy (non-hydrogen) atoms. The zero-order valence-electron chi connectivity index (χ0n) is 13.7. The highest BCUT2D eigenvalue weighted by Gasteiger charge is 2.14. The number of anilines is 1. The molecule has 0 unspecified atom stereocenters. The third-order valence-corrected chi connectivity index (χ3v) is 4.11. The van der Waals surface area contributed by atoms with Gasteiger partial charge in [0.1, 0.15) is 16.9 Å². The van der Waals surface area contributed by atoms with E-state index < -0.39 is 17.2 Å². The molecule has 2 aromatic carbocycles. The number of carbonyl (C=O) groups is 1. The van der Waals surface area contributed by atoms with Crippen molar-refractivity contribution in [1.29, 1.82) is 0 Å². The molecule has 0 atom stereocenters. The minimum absolute atomic E-state index is 0.0250. The van der Waals surface area contributed by atoms with Crippen LogP contribution in [0.2, 0.25) is 0 Å². The van der Waals surface area contributed by atoms with Gasteiger partial charge in [-0.2, -0.15) is 0 Å². The van der Waals surface area contributed by atoms with E-state index in [0.29, 0.717) is 16.5 Å². The van der Waals surface area contributed by atoms with E-state index in [1.54, 1.807) is 49.4 Å². The van der Waals surface area contributed by atoms with E-state index in [2.05, 4.69) is 5.32 Å². The van der Waals surface area contributed by atoms with E-state index >= 15 is 0 Å². The summed E-state index contributed by atoms with van der Waals surface area (Å²) < 4.78 is 10.6. The highest BCUT2D eigenvalue weighted by molar-refractivity contribution is 6.07. The predicted octanol–water partition coefficient (Wildman–Crippen LogP) is 3.46. The molecule has 1 amide bonds. The highest BCUT2D eigenvalue weighted by atomic mass is 16.4. The van der Waals surface area contributed by atoms with Crippen molar-refractivity contribution in [3.8, 4) is 0 Å². The topological polar surface area (TPSA) is 89.5 Å². The van der Waals surface area contributed by atoms with Crippen molar-refractivity contribution in [2.45, 2.75) is 6.92 Å². The second-order valence-corrected chi connectivity index (χ2v) is 5.87. The van der Waals surface area contributed by atoms with Crippen molar-refractivity contribution in [2.75, 3.05) is 5.32 Å². The summed E-state index contributed by atoms with van der Waals surface area (Å²) >= 11 is 0. The fraction of sp³-hybridized carbons (Fsp3) is 0.0500. The van der Waals surface area contributed by atoms with Crippen LogP contribution in [0.25, 0.3) is 21.9 Å². The number of aryl methyl sites for hydroxylation is 1. The van der Waals surface area contributed by atoms with Gasteiger partial charge in [-0.1, -0.05) is 18.2 Å². The minimum Gasteiger partial charge on any atom is -0.422 e. The molecule has 2 heterocycles. The molecule has 1 N–H and O–H groups in total. The predicted molar refractivity (Wildman–Crippen MR) is 97.7 cm³/mol. The molecule has 4 rings (SSSR count).